The van der Waals surface area contributed by atoms with Crippen LogP contribution in [0.5, 0.6) is 0 Å². The van der Waals surface area contributed by atoms with Gasteiger partial charge in [0.15, 0.2) is 0 Å². The van der Waals surface area contributed by atoms with Gasteiger partial charge in [-0.05, 0) is 18.2 Å². The molecule has 0 aliphatic heterocycles. The molecule has 0 saturated heterocycles. The van der Waals surface area contributed by atoms with Gasteiger partial charge in [-0.15, -0.1) is 0 Å². The third kappa shape index (κ3) is 5.55. The molecule has 1 aromatic heterocycles. The van der Waals surface area contributed by atoms with Gasteiger partial charge < -0.3 is 5.32 Å². The molecule has 98 valence electrons. The number of thioether (sulfide) groups is 1. The summed E-state index contributed by atoms with van der Waals surface area (Å²) in [4.78, 5) is 4.29. The maximum Gasteiger partial charge on any atom is 0.138 e. The predicted octanol–water partition coefficient (Wildman–Crippen LogP) is 1.87. The van der Waals surface area contributed by atoms with Crippen LogP contribution in [0.4, 0.5) is 0 Å². The second kappa shape index (κ2) is 7.71. The van der Waals surface area contributed by atoms with E-state index in [0.29, 0.717) is 11.3 Å². The highest BCUT2D eigenvalue weighted by atomic mass is 32.2. The molecule has 4 nitrogen and oxygen atoms in total. The summed E-state index contributed by atoms with van der Waals surface area (Å²) >= 11 is 2.00. The van der Waals surface area contributed by atoms with E-state index in [0.717, 1.165) is 24.5 Å². The van der Waals surface area contributed by atoms with Crippen molar-refractivity contribution >= 4 is 11.8 Å². The molecule has 0 radical (unpaired) electrons. The molecule has 1 atom stereocenters. The molecule has 1 unspecified atom stereocenters. The van der Waals surface area contributed by atoms with Gasteiger partial charge in [-0.25, -0.2) is 4.98 Å². The molecule has 1 heterocycles. The van der Waals surface area contributed by atoms with Crippen LogP contribution in [0.2, 0.25) is 0 Å². The van der Waals surface area contributed by atoms with Crippen molar-refractivity contribution in [3.8, 4) is 0 Å². The summed E-state index contributed by atoms with van der Waals surface area (Å²) in [5.74, 6) is 2.19. The van der Waals surface area contributed by atoms with Crippen molar-refractivity contribution in [2.75, 3.05) is 12.3 Å². The number of nitrogens with zero attached hydrogens (tertiary/aromatic N) is 3. The van der Waals surface area contributed by atoms with Gasteiger partial charge in [-0.3, -0.25) is 4.68 Å². The lowest BCUT2D eigenvalue weighted by Crippen LogP contribution is -2.35. The van der Waals surface area contributed by atoms with Gasteiger partial charge in [0.05, 0.1) is 0 Å². The number of nitrogens with one attached hydrogen (secondary N) is 1. The zero-order chi connectivity index (χ0) is 12.7. The lowest BCUT2D eigenvalue weighted by atomic mass is 10.2. The van der Waals surface area contributed by atoms with Crippen LogP contribution in [-0.2, 0) is 13.5 Å². The van der Waals surface area contributed by atoms with Crippen LogP contribution in [0.15, 0.2) is 6.33 Å². The zero-order valence-corrected chi connectivity index (χ0v) is 12.1. The molecule has 0 fully saturated rings. The van der Waals surface area contributed by atoms with Gasteiger partial charge in [0.25, 0.3) is 0 Å². The third-order valence-electron chi connectivity index (χ3n) is 2.55. The van der Waals surface area contributed by atoms with Gasteiger partial charge in [0.2, 0.25) is 0 Å². The van der Waals surface area contributed by atoms with Crippen molar-refractivity contribution < 1.29 is 0 Å². The predicted molar refractivity (Wildman–Crippen MR) is 74.4 cm³/mol. The van der Waals surface area contributed by atoms with Gasteiger partial charge >= 0.3 is 0 Å². The van der Waals surface area contributed by atoms with E-state index in [-0.39, 0.29) is 0 Å². The fourth-order valence-corrected chi connectivity index (χ4v) is 2.43. The number of aryl methyl sites for hydroxylation is 1. The summed E-state index contributed by atoms with van der Waals surface area (Å²) in [6, 6.07) is 0.491. The summed E-state index contributed by atoms with van der Waals surface area (Å²) in [5.41, 5.74) is 0. The minimum Gasteiger partial charge on any atom is -0.313 e. The second-order valence-electron chi connectivity index (χ2n) is 4.54. The van der Waals surface area contributed by atoms with Crippen LogP contribution in [0.3, 0.4) is 0 Å². The van der Waals surface area contributed by atoms with E-state index in [4.69, 9.17) is 0 Å². The van der Waals surface area contributed by atoms with Gasteiger partial charge in [0.1, 0.15) is 12.2 Å². The van der Waals surface area contributed by atoms with Crippen LogP contribution in [0, 0.1) is 0 Å². The molecular weight excluding hydrogens is 232 g/mol. The number of aromatic nitrogens is 3. The van der Waals surface area contributed by atoms with E-state index in [2.05, 4.69) is 36.2 Å². The van der Waals surface area contributed by atoms with E-state index < -0.39 is 0 Å². The highest BCUT2D eigenvalue weighted by Gasteiger charge is 2.13. The van der Waals surface area contributed by atoms with Crippen molar-refractivity contribution in [3.63, 3.8) is 0 Å². The molecular formula is C12H24N4S. The van der Waals surface area contributed by atoms with Crippen molar-refractivity contribution in [2.24, 2.45) is 7.05 Å². The Morgan fingerprint density at radius 3 is 2.76 bits per heavy atom. The van der Waals surface area contributed by atoms with E-state index >= 15 is 0 Å². The summed E-state index contributed by atoms with van der Waals surface area (Å²) in [6.45, 7) is 7.75. The Bertz CT molecular complexity index is 311. The molecule has 0 aromatic carbocycles. The van der Waals surface area contributed by atoms with Crippen molar-refractivity contribution in [2.45, 2.75) is 44.9 Å². The van der Waals surface area contributed by atoms with Crippen LogP contribution < -0.4 is 5.32 Å². The normalized spacial score (nSPS) is 13.2. The molecule has 1 aromatic rings. The number of hydrogen-bond donors (Lipinski definition) is 1. The monoisotopic (exact) mass is 256 g/mol. The molecule has 0 amide bonds. The molecule has 1 rings (SSSR count). The average molecular weight is 256 g/mol. The molecule has 17 heavy (non-hydrogen) atoms. The molecule has 0 aliphatic rings. The SMILES string of the molecule is CCCNC(CSC(C)C)Cc1ncnn1C. The standard InChI is InChI=1S/C12H24N4S/c1-5-6-13-11(8-17-10(2)3)7-12-14-9-15-16(12)4/h9-11,13H,5-8H2,1-4H3. The maximum atomic E-state index is 4.29. The number of rotatable bonds is 8. The summed E-state index contributed by atoms with van der Waals surface area (Å²) in [5, 5.41) is 8.39. The van der Waals surface area contributed by atoms with E-state index in [1.54, 1.807) is 6.33 Å². The fourth-order valence-electron chi connectivity index (χ4n) is 1.57. The number of hydrogen-bond acceptors (Lipinski definition) is 4. The largest absolute Gasteiger partial charge is 0.313 e. The first kappa shape index (κ1) is 14.5. The summed E-state index contributed by atoms with van der Waals surface area (Å²) in [6.07, 6.45) is 3.75. The lowest BCUT2D eigenvalue weighted by Gasteiger charge is -2.18. The van der Waals surface area contributed by atoms with Crippen molar-refractivity contribution in [1.29, 1.82) is 0 Å². The first-order valence-electron chi connectivity index (χ1n) is 6.31. The molecule has 0 aliphatic carbocycles. The minimum atomic E-state index is 0.491. The molecule has 0 saturated carbocycles. The third-order valence-corrected chi connectivity index (χ3v) is 3.81. The molecule has 0 bridgehead atoms. The Labute approximate surface area is 109 Å². The zero-order valence-electron chi connectivity index (χ0n) is 11.3. The Morgan fingerprint density at radius 2 is 2.24 bits per heavy atom. The molecule has 5 heteroatoms. The van der Waals surface area contributed by atoms with Crippen LogP contribution in [-0.4, -0.2) is 38.4 Å². The Kier molecular flexibility index (Phi) is 6.58. The average Bonchev–Trinajstić information content (AvgIpc) is 2.68. The lowest BCUT2D eigenvalue weighted by molar-refractivity contribution is 0.525. The Balaban J connectivity index is 2.47. The van der Waals surface area contributed by atoms with Crippen molar-refractivity contribution in [1.82, 2.24) is 20.1 Å². The smallest absolute Gasteiger partial charge is 0.138 e. The fraction of sp³-hybridized carbons (Fsp3) is 0.833. The van der Waals surface area contributed by atoms with Crippen LogP contribution in [0.25, 0.3) is 0 Å². The topological polar surface area (TPSA) is 42.7 Å². The van der Waals surface area contributed by atoms with Crippen LogP contribution >= 0.6 is 11.8 Å². The molecule has 1 N–H and O–H groups in total. The minimum absolute atomic E-state index is 0.491. The highest BCUT2D eigenvalue weighted by Crippen LogP contribution is 2.12. The highest BCUT2D eigenvalue weighted by molar-refractivity contribution is 7.99. The van der Waals surface area contributed by atoms with E-state index in [1.165, 1.54) is 6.42 Å². The van der Waals surface area contributed by atoms with Gasteiger partial charge in [-0.1, -0.05) is 20.8 Å². The second-order valence-corrected chi connectivity index (χ2v) is 6.15. The Hall–Kier alpha value is -0.550. The van der Waals surface area contributed by atoms with Crippen molar-refractivity contribution in [3.05, 3.63) is 12.2 Å². The van der Waals surface area contributed by atoms with E-state index in [9.17, 15) is 0 Å². The first-order chi connectivity index (χ1) is 8.13. The Morgan fingerprint density at radius 1 is 1.47 bits per heavy atom. The summed E-state index contributed by atoms with van der Waals surface area (Å²) < 4.78 is 1.86. The molecule has 0 spiro atoms. The quantitative estimate of drug-likeness (QED) is 0.771. The maximum absolute atomic E-state index is 4.29. The van der Waals surface area contributed by atoms with Crippen LogP contribution in [0.1, 0.15) is 33.0 Å². The van der Waals surface area contributed by atoms with Gasteiger partial charge in [0, 0.05) is 25.3 Å². The first-order valence-corrected chi connectivity index (χ1v) is 7.36. The van der Waals surface area contributed by atoms with Gasteiger partial charge in [-0.2, -0.15) is 16.9 Å². The summed E-state index contributed by atoms with van der Waals surface area (Å²) in [7, 11) is 1.95. The van der Waals surface area contributed by atoms with E-state index in [1.807, 2.05) is 23.5 Å².